The summed E-state index contributed by atoms with van der Waals surface area (Å²) in [4.78, 5) is 2.09. The fourth-order valence-corrected chi connectivity index (χ4v) is 1.60. The highest BCUT2D eigenvalue weighted by molar-refractivity contribution is 7.48. The first-order valence-electron chi connectivity index (χ1n) is 4.55. The summed E-state index contributed by atoms with van der Waals surface area (Å²) in [6.07, 6.45) is 1.84. The van der Waals surface area contributed by atoms with E-state index in [9.17, 15) is 4.57 Å². The molecule has 0 N–H and O–H groups in total. The Hall–Kier alpha value is 0.0700. The van der Waals surface area contributed by atoms with Crippen molar-refractivity contribution in [2.45, 2.75) is 12.8 Å². The SMILES string of the molecule is COP(=O)(OC)OCCCCN(C)C. The number of phosphoric acid groups is 1. The van der Waals surface area contributed by atoms with Crippen LogP contribution in [0.15, 0.2) is 0 Å². The predicted molar refractivity (Wildman–Crippen MR) is 55.4 cm³/mol. The Labute approximate surface area is 85.9 Å². The van der Waals surface area contributed by atoms with Gasteiger partial charge in [0.1, 0.15) is 0 Å². The predicted octanol–water partition coefficient (Wildman–Crippen LogP) is 1.75. The van der Waals surface area contributed by atoms with Gasteiger partial charge in [-0.15, -0.1) is 0 Å². The van der Waals surface area contributed by atoms with Crippen LogP contribution in [0.1, 0.15) is 12.8 Å². The van der Waals surface area contributed by atoms with Gasteiger partial charge >= 0.3 is 7.82 Å². The summed E-state index contributed by atoms with van der Waals surface area (Å²) < 4.78 is 25.6. The van der Waals surface area contributed by atoms with Crippen molar-refractivity contribution in [1.29, 1.82) is 0 Å². The topological polar surface area (TPSA) is 48.0 Å². The van der Waals surface area contributed by atoms with Gasteiger partial charge in [-0.3, -0.25) is 13.6 Å². The maximum absolute atomic E-state index is 11.4. The molecule has 86 valence electrons. The highest BCUT2D eigenvalue weighted by atomic mass is 31.2. The monoisotopic (exact) mass is 225 g/mol. The third-order valence-corrected chi connectivity index (χ3v) is 3.09. The van der Waals surface area contributed by atoms with E-state index in [2.05, 4.69) is 13.9 Å². The molecule has 0 aliphatic heterocycles. The molecule has 0 fully saturated rings. The summed E-state index contributed by atoms with van der Waals surface area (Å²) in [7, 11) is 3.38. The van der Waals surface area contributed by atoms with Crippen LogP contribution in [0.2, 0.25) is 0 Å². The van der Waals surface area contributed by atoms with Crippen molar-refractivity contribution in [3.8, 4) is 0 Å². The molecular weight excluding hydrogens is 205 g/mol. The van der Waals surface area contributed by atoms with E-state index in [0.29, 0.717) is 6.61 Å². The van der Waals surface area contributed by atoms with Crippen LogP contribution in [0.4, 0.5) is 0 Å². The summed E-state index contributed by atoms with van der Waals surface area (Å²) in [5.74, 6) is 0. The van der Waals surface area contributed by atoms with Crippen molar-refractivity contribution in [1.82, 2.24) is 4.90 Å². The first kappa shape index (κ1) is 14.1. The molecule has 0 aromatic rings. The van der Waals surface area contributed by atoms with Crippen LogP contribution in [0.25, 0.3) is 0 Å². The Balaban J connectivity index is 3.48. The van der Waals surface area contributed by atoms with E-state index in [1.807, 2.05) is 14.1 Å². The van der Waals surface area contributed by atoms with Gasteiger partial charge in [0.05, 0.1) is 6.61 Å². The second kappa shape index (κ2) is 7.37. The Bertz CT molecular complexity index is 178. The molecule has 0 saturated heterocycles. The molecule has 6 heteroatoms. The van der Waals surface area contributed by atoms with E-state index < -0.39 is 7.82 Å². The van der Waals surface area contributed by atoms with Gasteiger partial charge in [0.2, 0.25) is 0 Å². The van der Waals surface area contributed by atoms with Crippen LogP contribution < -0.4 is 0 Å². The number of hydrogen-bond acceptors (Lipinski definition) is 5. The minimum Gasteiger partial charge on any atom is -0.309 e. The lowest BCUT2D eigenvalue weighted by Gasteiger charge is -2.13. The molecule has 0 aromatic heterocycles. The highest BCUT2D eigenvalue weighted by Crippen LogP contribution is 2.47. The molecule has 0 rings (SSSR count). The first-order chi connectivity index (χ1) is 6.54. The van der Waals surface area contributed by atoms with E-state index in [1.54, 1.807) is 0 Å². The zero-order valence-electron chi connectivity index (χ0n) is 9.36. The molecule has 5 nitrogen and oxygen atoms in total. The van der Waals surface area contributed by atoms with E-state index in [-0.39, 0.29) is 0 Å². The average Bonchev–Trinajstić information content (AvgIpc) is 2.16. The summed E-state index contributed by atoms with van der Waals surface area (Å²) in [6.45, 7) is 1.39. The smallest absolute Gasteiger partial charge is 0.309 e. The standard InChI is InChI=1S/C8H20NO4P/c1-9(2)7-5-6-8-13-14(10,11-3)12-4/h5-8H2,1-4H3. The van der Waals surface area contributed by atoms with Crippen molar-refractivity contribution in [2.75, 3.05) is 41.5 Å². The van der Waals surface area contributed by atoms with Crippen LogP contribution >= 0.6 is 7.82 Å². The molecule has 0 unspecified atom stereocenters. The zero-order chi connectivity index (χ0) is 11.0. The fraction of sp³-hybridized carbons (Fsp3) is 1.00. The largest absolute Gasteiger partial charge is 0.474 e. The Kier molecular flexibility index (Phi) is 7.41. The van der Waals surface area contributed by atoms with Crippen LogP contribution in [-0.2, 0) is 18.1 Å². The lowest BCUT2D eigenvalue weighted by molar-refractivity contribution is 0.149. The Morgan fingerprint density at radius 2 is 1.71 bits per heavy atom. The number of rotatable bonds is 8. The maximum Gasteiger partial charge on any atom is 0.474 e. The fourth-order valence-electron chi connectivity index (χ4n) is 0.886. The third kappa shape index (κ3) is 6.51. The van der Waals surface area contributed by atoms with Gasteiger partial charge in [-0.05, 0) is 33.5 Å². The molecule has 14 heavy (non-hydrogen) atoms. The quantitative estimate of drug-likeness (QED) is 0.465. The van der Waals surface area contributed by atoms with Gasteiger partial charge in [-0.1, -0.05) is 0 Å². The summed E-state index contributed by atoms with van der Waals surface area (Å²) >= 11 is 0. The molecule has 0 radical (unpaired) electrons. The van der Waals surface area contributed by atoms with Gasteiger partial charge in [0.25, 0.3) is 0 Å². The van der Waals surface area contributed by atoms with Crippen molar-refractivity contribution < 1.29 is 18.1 Å². The molecule has 0 aromatic carbocycles. The summed E-state index contributed by atoms with van der Waals surface area (Å²) in [6, 6.07) is 0. The zero-order valence-corrected chi connectivity index (χ0v) is 10.3. The average molecular weight is 225 g/mol. The third-order valence-electron chi connectivity index (χ3n) is 1.70. The Morgan fingerprint density at radius 1 is 1.14 bits per heavy atom. The van der Waals surface area contributed by atoms with Crippen LogP contribution in [0, 0.1) is 0 Å². The molecule has 0 aliphatic rings. The lowest BCUT2D eigenvalue weighted by Crippen LogP contribution is -2.13. The highest BCUT2D eigenvalue weighted by Gasteiger charge is 2.21. The van der Waals surface area contributed by atoms with E-state index in [0.717, 1.165) is 19.4 Å². The van der Waals surface area contributed by atoms with Crippen LogP contribution in [-0.4, -0.2) is 46.4 Å². The molecule has 0 heterocycles. The van der Waals surface area contributed by atoms with Gasteiger partial charge < -0.3 is 4.90 Å². The van der Waals surface area contributed by atoms with Gasteiger partial charge in [0, 0.05) is 14.2 Å². The summed E-state index contributed by atoms with van der Waals surface area (Å²) in [5.41, 5.74) is 0. The summed E-state index contributed by atoms with van der Waals surface area (Å²) in [5, 5.41) is 0. The molecule has 0 spiro atoms. The minimum atomic E-state index is -3.26. The normalized spacial score (nSPS) is 12.4. The molecule has 0 atom stereocenters. The molecule has 0 amide bonds. The Morgan fingerprint density at radius 3 is 2.14 bits per heavy atom. The first-order valence-corrected chi connectivity index (χ1v) is 6.01. The van der Waals surface area contributed by atoms with E-state index in [4.69, 9.17) is 4.52 Å². The van der Waals surface area contributed by atoms with Crippen molar-refractivity contribution in [2.24, 2.45) is 0 Å². The molecule has 0 aliphatic carbocycles. The second-order valence-electron chi connectivity index (χ2n) is 3.16. The number of hydrogen-bond donors (Lipinski definition) is 0. The van der Waals surface area contributed by atoms with Gasteiger partial charge in [0.15, 0.2) is 0 Å². The van der Waals surface area contributed by atoms with Crippen LogP contribution in [0.3, 0.4) is 0 Å². The van der Waals surface area contributed by atoms with Crippen LogP contribution in [0.5, 0.6) is 0 Å². The van der Waals surface area contributed by atoms with Gasteiger partial charge in [-0.2, -0.15) is 0 Å². The second-order valence-corrected chi connectivity index (χ2v) is 5.04. The van der Waals surface area contributed by atoms with Gasteiger partial charge in [-0.25, -0.2) is 4.57 Å². The van der Waals surface area contributed by atoms with E-state index in [1.165, 1.54) is 14.2 Å². The van der Waals surface area contributed by atoms with Crippen molar-refractivity contribution in [3.05, 3.63) is 0 Å². The number of phosphoric ester groups is 1. The number of unbranched alkanes of at least 4 members (excludes halogenated alkanes) is 1. The molecule has 0 saturated carbocycles. The van der Waals surface area contributed by atoms with Crippen molar-refractivity contribution >= 4 is 7.82 Å². The lowest BCUT2D eigenvalue weighted by atomic mass is 10.3. The number of nitrogens with zero attached hydrogens (tertiary/aromatic N) is 1. The molecule has 0 bridgehead atoms. The van der Waals surface area contributed by atoms with E-state index >= 15 is 0 Å². The van der Waals surface area contributed by atoms with Crippen molar-refractivity contribution in [3.63, 3.8) is 0 Å². The molecular formula is C8H20NO4P. The maximum atomic E-state index is 11.4. The minimum absolute atomic E-state index is 0.396.